The van der Waals surface area contributed by atoms with Crippen molar-refractivity contribution in [2.75, 3.05) is 14.1 Å². The molecular weight excluding hydrogens is 316 g/mol. The molecule has 2 N–H and O–H groups in total. The van der Waals surface area contributed by atoms with E-state index in [0.717, 1.165) is 33.3 Å². The number of nitrogens with zero attached hydrogens (tertiary/aromatic N) is 3. The van der Waals surface area contributed by atoms with Gasteiger partial charge >= 0.3 is 0 Å². The standard InChI is InChI=1S/C19H22N4S/c1-13(20)18-17(15-6-4-14(5-7-15)12-23(2)3)22-19(24-18)16-8-10-21-11-9-16/h4-11,13H,12,20H2,1-3H3. The number of thiazole rings is 1. The van der Waals surface area contributed by atoms with Crippen LogP contribution in [0.1, 0.15) is 23.4 Å². The maximum atomic E-state index is 6.19. The van der Waals surface area contributed by atoms with Crippen molar-refractivity contribution in [1.82, 2.24) is 14.9 Å². The van der Waals surface area contributed by atoms with Gasteiger partial charge in [0.2, 0.25) is 0 Å². The Morgan fingerprint density at radius 2 is 1.71 bits per heavy atom. The molecule has 0 aliphatic heterocycles. The Bertz CT molecular complexity index is 792. The van der Waals surface area contributed by atoms with Gasteiger partial charge in [-0.15, -0.1) is 11.3 Å². The van der Waals surface area contributed by atoms with Crippen molar-refractivity contribution in [3.63, 3.8) is 0 Å². The Morgan fingerprint density at radius 1 is 1.04 bits per heavy atom. The summed E-state index contributed by atoms with van der Waals surface area (Å²) in [6, 6.07) is 12.5. The highest BCUT2D eigenvalue weighted by Gasteiger charge is 2.17. The van der Waals surface area contributed by atoms with Crippen molar-refractivity contribution in [2.24, 2.45) is 5.73 Å². The molecule has 24 heavy (non-hydrogen) atoms. The minimum atomic E-state index is -0.0467. The fourth-order valence-corrected chi connectivity index (χ4v) is 3.64. The largest absolute Gasteiger partial charge is 0.323 e. The summed E-state index contributed by atoms with van der Waals surface area (Å²) >= 11 is 1.66. The number of benzene rings is 1. The smallest absolute Gasteiger partial charge is 0.124 e. The van der Waals surface area contributed by atoms with Crippen LogP contribution in [0.2, 0.25) is 0 Å². The molecule has 3 rings (SSSR count). The molecule has 0 spiro atoms. The molecule has 0 saturated carbocycles. The zero-order chi connectivity index (χ0) is 17.1. The normalized spacial score (nSPS) is 12.5. The van der Waals surface area contributed by atoms with E-state index < -0.39 is 0 Å². The summed E-state index contributed by atoms with van der Waals surface area (Å²) in [7, 11) is 4.15. The molecule has 3 aromatic rings. The van der Waals surface area contributed by atoms with Gasteiger partial charge in [0.05, 0.1) is 5.69 Å². The van der Waals surface area contributed by atoms with E-state index in [-0.39, 0.29) is 6.04 Å². The van der Waals surface area contributed by atoms with Crippen LogP contribution in [-0.2, 0) is 6.54 Å². The van der Waals surface area contributed by atoms with Crippen LogP contribution >= 0.6 is 11.3 Å². The van der Waals surface area contributed by atoms with Crippen molar-refractivity contribution >= 4 is 11.3 Å². The Balaban J connectivity index is 1.99. The topological polar surface area (TPSA) is 55.0 Å². The van der Waals surface area contributed by atoms with E-state index in [1.165, 1.54) is 5.56 Å². The van der Waals surface area contributed by atoms with E-state index in [4.69, 9.17) is 10.7 Å². The maximum absolute atomic E-state index is 6.19. The lowest BCUT2D eigenvalue weighted by molar-refractivity contribution is 0.402. The minimum absolute atomic E-state index is 0.0467. The van der Waals surface area contributed by atoms with Gasteiger partial charge in [-0.25, -0.2) is 4.98 Å². The van der Waals surface area contributed by atoms with Crippen molar-refractivity contribution < 1.29 is 0 Å². The van der Waals surface area contributed by atoms with E-state index in [9.17, 15) is 0 Å². The van der Waals surface area contributed by atoms with Gasteiger partial charge in [0.25, 0.3) is 0 Å². The highest BCUT2D eigenvalue weighted by molar-refractivity contribution is 7.15. The van der Waals surface area contributed by atoms with Gasteiger partial charge in [-0.3, -0.25) is 4.98 Å². The Labute approximate surface area is 147 Å². The summed E-state index contributed by atoms with van der Waals surface area (Å²) in [6.45, 7) is 2.94. The summed E-state index contributed by atoms with van der Waals surface area (Å²) in [6.07, 6.45) is 3.58. The molecule has 4 nitrogen and oxygen atoms in total. The highest BCUT2D eigenvalue weighted by Crippen LogP contribution is 2.36. The van der Waals surface area contributed by atoms with Gasteiger partial charge in [-0.05, 0) is 38.7 Å². The Hall–Kier alpha value is -2.08. The summed E-state index contributed by atoms with van der Waals surface area (Å²) < 4.78 is 0. The number of pyridine rings is 1. The van der Waals surface area contributed by atoms with E-state index in [0.29, 0.717) is 0 Å². The van der Waals surface area contributed by atoms with Crippen LogP contribution in [-0.4, -0.2) is 29.0 Å². The molecular formula is C19H22N4S. The molecule has 0 aliphatic carbocycles. The van der Waals surface area contributed by atoms with Crippen molar-refractivity contribution in [3.05, 3.63) is 59.2 Å². The van der Waals surface area contributed by atoms with E-state index in [2.05, 4.69) is 48.2 Å². The molecule has 0 fully saturated rings. The Kier molecular flexibility index (Phi) is 5.04. The maximum Gasteiger partial charge on any atom is 0.124 e. The quantitative estimate of drug-likeness (QED) is 0.765. The monoisotopic (exact) mass is 338 g/mol. The first-order valence-corrected chi connectivity index (χ1v) is 8.77. The Morgan fingerprint density at radius 3 is 2.29 bits per heavy atom. The lowest BCUT2D eigenvalue weighted by Gasteiger charge is -2.10. The van der Waals surface area contributed by atoms with Crippen molar-refractivity contribution in [1.29, 1.82) is 0 Å². The van der Waals surface area contributed by atoms with Crippen LogP contribution in [0.25, 0.3) is 21.8 Å². The van der Waals surface area contributed by atoms with Crippen LogP contribution in [0.4, 0.5) is 0 Å². The first-order valence-electron chi connectivity index (χ1n) is 7.95. The average molecular weight is 338 g/mol. The van der Waals surface area contributed by atoms with Crippen LogP contribution in [0.5, 0.6) is 0 Å². The third kappa shape index (κ3) is 3.70. The number of hydrogen-bond acceptors (Lipinski definition) is 5. The second-order valence-electron chi connectivity index (χ2n) is 6.19. The number of nitrogens with two attached hydrogens (primary N) is 1. The average Bonchev–Trinajstić information content (AvgIpc) is 3.01. The summed E-state index contributed by atoms with van der Waals surface area (Å²) in [5.74, 6) is 0. The third-order valence-corrected chi connectivity index (χ3v) is 5.03. The van der Waals surface area contributed by atoms with Crippen LogP contribution in [0.3, 0.4) is 0 Å². The number of hydrogen-bond donors (Lipinski definition) is 1. The van der Waals surface area contributed by atoms with Gasteiger partial charge in [-0.1, -0.05) is 24.3 Å². The van der Waals surface area contributed by atoms with Crippen LogP contribution in [0, 0.1) is 0 Å². The minimum Gasteiger partial charge on any atom is -0.323 e. The molecule has 124 valence electrons. The lowest BCUT2D eigenvalue weighted by atomic mass is 10.1. The molecule has 2 heterocycles. The SMILES string of the molecule is CC(N)c1sc(-c2ccncc2)nc1-c1ccc(CN(C)C)cc1. The third-order valence-electron chi connectivity index (χ3n) is 3.72. The molecule has 0 amide bonds. The van der Waals surface area contributed by atoms with E-state index in [1.54, 1.807) is 23.7 Å². The fraction of sp³-hybridized carbons (Fsp3) is 0.263. The number of rotatable bonds is 5. The summed E-state index contributed by atoms with van der Waals surface area (Å²) in [5.41, 5.74) is 10.7. The molecule has 0 bridgehead atoms. The zero-order valence-electron chi connectivity index (χ0n) is 14.2. The molecule has 1 unspecified atom stereocenters. The highest BCUT2D eigenvalue weighted by atomic mass is 32.1. The molecule has 0 radical (unpaired) electrons. The number of aromatic nitrogens is 2. The molecule has 1 atom stereocenters. The van der Waals surface area contributed by atoms with Crippen LogP contribution in [0.15, 0.2) is 48.8 Å². The predicted octanol–water partition coefficient (Wildman–Crippen LogP) is 3.95. The summed E-state index contributed by atoms with van der Waals surface area (Å²) in [5, 5.41) is 0.983. The van der Waals surface area contributed by atoms with Gasteiger partial charge < -0.3 is 10.6 Å². The predicted molar refractivity (Wildman–Crippen MR) is 101 cm³/mol. The molecule has 2 aromatic heterocycles. The molecule has 5 heteroatoms. The zero-order valence-corrected chi connectivity index (χ0v) is 15.0. The van der Waals surface area contributed by atoms with E-state index in [1.807, 2.05) is 19.1 Å². The first kappa shape index (κ1) is 16.8. The first-order chi connectivity index (χ1) is 11.5. The lowest BCUT2D eigenvalue weighted by Crippen LogP contribution is -2.10. The van der Waals surface area contributed by atoms with Gasteiger partial charge in [-0.2, -0.15) is 0 Å². The molecule has 1 aromatic carbocycles. The van der Waals surface area contributed by atoms with Gasteiger partial charge in [0.1, 0.15) is 5.01 Å². The summed E-state index contributed by atoms with van der Waals surface area (Å²) in [4.78, 5) is 12.2. The van der Waals surface area contributed by atoms with E-state index >= 15 is 0 Å². The molecule has 0 aliphatic rings. The second kappa shape index (κ2) is 7.21. The molecule has 0 saturated heterocycles. The van der Waals surface area contributed by atoms with Gasteiger partial charge in [0, 0.05) is 41.0 Å². The van der Waals surface area contributed by atoms with Gasteiger partial charge in [0.15, 0.2) is 0 Å². The fourth-order valence-electron chi connectivity index (χ4n) is 2.60. The second-order valence-corrected chi connectivity index (χ2v) is 7.22. The van der Waals surface area contributed by atoms with Crippen LogP contribution < -0.4 is 5.73 Å². The van der Waals surface area contributed by atoms with Crippen molar-refractivity contribution in [2.45, 2.75) is 19.5 Å². The van der Waals surface area contributed by atoms with Crippen molar-refractivity contribution in [3.8, 4) is 21.8 Å².